The highest BCUT2D eigenvalue weighted by atomic mass is 16.5. The fraction of sp³-hybridized carbons (Fsp3) is 0.375. The normalized spacial score (nSPS) is 14.0. The highest BCUT2D eigenvalue weighted by Crippen LogP contribution is 2.34. The van der Waals surface area contributed by atoms with Gasteiger partial charge >= 0.3 is 5.97 Å². The van der Waals surface area contributed by atoms with Crippen molar-refractivity contribution >= 4 is 11.9 Å². The van der Waals surface area contributed by atoms with Crippen LogP contribution >= 0.6 is 0 Å². The highest BCUT2D eigenvalue weighted by molar-refractivity contribution is 5.78. The van der Waals surface area contributed by atoms with Crippen LogP contribution in [-0.4, -0.2) is 110 Å². The Balaban J connectivity index is 0.000000181. The van der Waals surface area contributed by atoms with Crippen LogP contribution in [0.3, 0.4) is 0 Å². The maximum absolute atomic E-state index is 12.5. The van der Waals surface area contributed by atoms with Crippen molar-refractivity contribution < 1.29 is 47.4 Å². The van der Waals surface area contributed by atoms with E-state index in [1.807, 2.05) is 102 Å². The van der Waals surface area contributed by atoms with Crippen molar-refractivity contribution in [1.82, 2.24) is 35.8 Å². The summed E-state index contributed by atoms with van der Waals surface area (Å²) in [5.41, 5.74) is 3.81. The summed E-state index contributed by atoms with van der Waals surface area (Å²) in [4.78, 5) is 33.6. The number of benzene rings is 4. The number of carbonyl (C=O) groups excluding carboxylic acids is 1. The van der Waals surface area contributed by atoms with Gasteiger partial charge in [0.05, 0.1) is 41.6 Å². The van der Waals surface area contributed by atoms with Crippen molar-refractivity contribution in [2.24, 2.45) is 0 Å². The van der Waals surface area contributed by atoms with Gasteiger partial charge in [-0.1, -0.05) is 71.0 Å². The Morgan fingerprint density at radius 2 is 1.17 bits per heavy atom. The van der Waals surface area contributed by atoms with Gasteiger partial charge in [0, 0.05) is 42.6 Å². The number of nitrogens with zero attached hydrogens (tertiary/aromatic N) is 5. The van der Waals surface area contributed by atoms with Gasteiger partial charge in [0.15, 0.2) is 23.0 Å². The van der Waals surface area contributed by atoms with E-state index < -0.39 is 5.97 Å². The van der Waals surface area contributed by atoms with Crippen LogP contribution in [0.1, 0.15) is 60.4 Å². The second-order valence-corrected chi connectivity index (χ2v) is 15.2. The van der Waals surface area contributed by atoms with Crippen LogP contribution in [0.4, 0.5) is 0 Å². The molecule has 6 aromatic rings. The van der Waals surface area contributed by atoms with Crippen LogP contribution in [0.25, 0.3) is 22.8 Å². The number of aliphatic carboxylic acids is 1. The van der Waals surface area contributed by atoms with Crippen molar-refractivity contribution in [1.29, 1.82) is 0 Å². The Bertz CT molecular complexity index is 2360. The molecule has 0 aliphatic carbocycles. The van der Waals surface area contributed by atoms with E-state index in [9.17, 15) is 9.59 Å². The minimum atomic E-state index is -0.939. The first-order valence-electron chi connectivity index (χ1n) is 21.5. The van der Waals surface area contributed by atoms with Gasteiger partial charge in [0.1, 0.15) is 6.61 Å². The Morgan fingerprint density at radius 3 is 1.66 bits per heavy atom. The molecule has 1 amide bonds. The molecule has 3 N–H and O–H groups in total. The zero-order valence-corrected chi connectivity index (χ0v) is 37.2. The summed E-state index contributed by atoms with van der Waals surface area (Å²) in [6, 6.07) is 30.7. The number of hydrogen-bond donors (Lipinski definition) is 3. The molecule has 2 fully saturated rings. The first-order valence-corrected chi connectivity index (χ1v) is 21.5. The number of ether oxygens (including phenoxy) is 5. The molecule has 2 aliphatic rings. The minimum absolute atomic E-state index is 0.121. The fourth-order valence-corrected chi connectivity index (χ4v) is 7.28. The lowest BCUT2D eigenvalue weighted by atomic mass is 9.96. The van der Waals surface area contributed by atoms with E-state index in [2.05, 4.69) is 30.9 Å². The third kappa shape index (κ3) is 14.1. The number of aromatic nitrogens is 4. The monoisotopic (exact) mass is 891 g/mol. The van der Waals surface area contributed by atoms with Gasteiger partial charge in [0.2, 0.25) is 29.3 Å². The molecule has 0 unspecified atom stereocenters. The molecule has 17 heteroatoms. The molecule has 0 atom stereocenters. The Morgan fingerprint density at radius 1 is 0.677 bits per heavy atom. The summed E-state index contributed by atoms with van der Waals surface area (Å²) in [5, 5.41) is 23.1. The summed E-state index contributed by atoms with van der Waals surface area (Å²) < 4.78 is 37.0. The molecule has 0 bridgehead atoms. The number of carbonyl (C=O) groups is 2. The van der Waals surface area contributed by atoms with E-state index >= 15 is 0 Å². The highest BCUT2D eigenvalue weighted by Gasteiger charge is 2.28. The van der Waals surface area contributed by atoms with Crippen molar-refractivity contribution in [2.75, 3.05) is 67.8 Å². The zero-order chi connectivity index (χ0) is 45.8. The number of carboxylic acids is 1. The van der Waals surface area contributed by atoms with Gasteiger partial charge in [-0.15, -0.1) is 0 Å². The smallest absolute Gasteiger partial charge is 0.329 e. The van der Waals surface area contributed by atoms with Crippen molar-refractivity contribution in [3.05, 3.63) is 120 Å². The summed E-state index contributed by atoms with van der Waals surface area (Å²) in [6.07, 6.45) is 3.68. The van der Waals surface area contributed by atoms with E-state index in [0.29, 0.717) is 79.2 Å². The topological polar surface area (TPSA) is 206 Å². The van der Waals surface area contributed by atoms with Gasteiger partial charge in [-0.05, 0) is 86.3 Å². The standard InChI is InChI=1S/C24H28N4O4.C15H19N3O3.C9H10O3/c1-30-20-9-8-19(14-21(20)31-2)23-26-24(32-27-23)18-10-12-28(13-11-18)22(29)16-25-15-17-6-4-3-5-7-17;1-19-12-4-3-11(9-13(12)20-2)14-17-15(21-18-14)10-5-7-16-8-6-10;10-9(11)7-12-6-8-4-2-1-3-5-8/h3-9,14,18,25H,10-13,15-16H2,1-2H3;3-4,9-10,16H,5-8H2,1-2H3;1-5H,6-7H2,(H,10,11). The van der Waals surface area contributed by atoms with E-state index in [1.165, 1.54) is 5.56 Å². The molecule has 0 radical (unpaired) electrons. The predicted molar refractivity (Wildman–Crippen MR) is 241 cm³/mol. The minimum Gasteiger partial charge on any atom is -0.493 e. The van der Waals surface area contributed by atoms with E-state index in [0.717, 1.165) is 61.4 Å². The molecule has 4 aromatic carbocycles. The first kappa shape index (κ1) is 47.7. The van der Waals surface area contributed by atoms with E-state index in [-0.39, 0.29) is 18.4 Å². The molecule has 4 heterocycles. The number of nitrogens with one attached hydrogen (secondary N) is 2. The lowest BCUT2D eigenvalue weighted by Crippen LogP contribution is -2.42. The summed E-state index contributed by atoms with van der Waals surface area (Å²) in [7, 11) is 6.41. The van der Waals surface area contributed by atoms with Crippen LogP contribution < -0.4 is 29.6 Å². The average molecular weight is 892 g/mol. The molecule has 0 saturated carbocycles. The van der Waals surface area contributed by atoms with Crippen LogP contribution in [0.15, 0.2) is 106 Å². The lowest BCUT2D eigenvalue weighted by molar-refractivity contribution is -0.142. The van der Waals surface area contributed by atoms with Crippen molar-refractivity contribution in [3.63, 3.8) is 0 Å². The number of carboxylic acid groups (broad SMARTS) is 1. The Kier molecular flexibility index (Phi) is 18.2. The van der Waals surface area contributed by atoms with Crippen LogP contribution in [-0.2, 0) is 27.5 Å². The molecular formula is C48H57N7O10. The third-order valence-corrected chi connectivity index (χ3v) is 10.8. The SMILES string of the molecule is COc1ccc(-c2noc(C3CCN(C(=O)CNCc4ccccc4)CC3)n2)cc1OC.COc1ccc(-c2noc(C3CCNCC3)n2)cc1OC.O=C(O)COCc1ccccc1. The fourth-order valence-electron chi connectivity index (χ4n) is 7.28. The summed E-state index contributed by atoms with van der Waals surface area (Å²) >= 11 is 0. The van der Waals surface area contributed by atoms with Crippen LogP contribution in [0, 0.1) is 0 Å². The van der Waals surface area contributed by atoms with Crippen LogP contribution in [0.2, 0.25) is 0 Å². The third-order valence-electron chi connectivity index (χ3n) is 10.8. The number of piperidine rings is 2. The maximum Gasteiger partial charge on any atom is 0.329 e. The van der Waals surface area contributed by atoms with Gasteiger partial charge in [0.25, 0.3) is 0 Å². The molecule has 17 nitrogen and oxygen atoms in total. The Labute approximate surface area is 378 Å². The van der Waals surface area contributed by atoms with Crippen molar-refractivity contribution in [3.8, 4) is 45.8 Å². The van der Waals surface area contributed by atoms with Gasteiger partial charge in [-0.25, -0.2) is 4.79 Å². The number of likely N-dealkylation sites (tertiary alicyclic amines) is 1. The summed E-state index contributed by atoms with van der Waals surface area (Å²) in [5.74, 6) is 4.73. The zero-order valence-electron chi connectivity index (χ0n) is 37.2. The second kappa shape index (κ2) is 24.9. The molecule has 65 heavy (non-hydrogen) atoms. The number of methoxy groups -OCH3 is 4. The Hall–Kier alpha value is -6.82. The van der Waals surface area contributed by atoms with Gasteiger partial charge < -0.3 is 53.4 Å². The molecule has 2 aromatic heterocycles. The van der Waals surface area contributed by atoms with E-state index in [4.69, 9.17) is 37.8 Å². The molecule has 344 valence electrons. The number of rotatable bonds is 16. The average Bonchev–Trinajstić information content (AvgIpc) is 4.07. The molecule has 2 aliphatic heterocycles. The first-order chi connectivity index (χ1) is 31.8. The summed E-state index contributed by atoms with van der Waals surface area (Å²) in [6.45, 7) is 4.50. The molecule has 2 saturated heterocycles. The quantitative estimate of drug-likeness (QED) is 0.0918. The number of amides is 1. The second-order valence-electron chi connectivity index (χ2n) is 15.2. The lowest BCUT2D eigenvalue weighted by Gasteiger charge is -2.30. The van der Waals surface area contributed by atoms with Crippen molar-refractivity contribution in [2.45, 2.75) is 50.7 Å². The van der Waals surface area contributed by atoms with Gasteiger partial charge in [-0.2, -0.15) is 9.97 Å². The number of hydrogen-bond acceptors (Lipinski definition) is 15. The molecule has 0 spiro atoms. The van der Waals surface area contributed by atoms with Gasteiger partial charge in [-0.3, -0.25) is 4.79 Å². The maximum atomic E-state index is 12.5. The van der Waals surface area contributed by atoms with Crippen LogP contribution in [0.5, 0.6) is 23.0 Å². The largest absolute Gasteiger partial charge is 0.493 e. The predicted octanol–water partition coefficient (Wildman–Crippen LogP) is 6.76. The molecular weight excluding hydrogens is 835 g/mol. The van der Waals surface area contributed by atoms with E-state index in [1.54, 1.807) is 28.4 Å². The molecule has 8 rings (SSSR count).